The van der Waals surface area contributed by atoms with Crippen molar-refractivity contribution in [2.75, 3.05) is 19.9 Å². The Morgan fingerprint density at radius 1 is 1.15 bits per heavy atom. The van der Waals surface area contributed by atoms with Crippen LogP contribution in [0.25, 0.3) is 0 Å². The molecule has 8 nitrogen and oxygen atoms in total. The zero-order valence-electron chi connectivity index (χ0n) is 15.1. The molecule has 3 heterocycles. The second kappa shape index (κ2) is 6.84. The van der Waals surface area contributed by atoms with Crippen LogP contribution in [-0.2, 0) is 6.54 Å². The topological polar surface area (TPSA) is 81.5 Å². The van der Waals surface area contributed by atoms with E-state index in [1.165, 1.54) is 5.56 Å². The Morgan fingerprint density at radius 3 is 2.78 bits per heavy atom. The number of carbonyl (C=O) groups excluding carboxylic acids is 1. The largest absolute Gasteiger partial charge is 0.454 e. The molecule has 1 aromatic carbocycles. The predicted molar refractivity (Wildman–Crippen MR) is 96.6 cm³/mol. The number of rotatable bonds is 5. The van der Waals surface area contributed by atoms with Crippen LogP contribution in [0.3, 0.4) is 0 Å². The average molecular weight is 369 g/mol. The second-order valence-electron chi connectivity index (χ2n) is 7.53. The molecule has 2 fully saturated rings. The standard InChI is InChI=1S/C19H23N5O3/c25-19(20-14-2-3-14)16-11-24(22-21-16)15-5-7-23(8-6-15)10-13-1-4-17-18(9-13)27-12-26-17/h1,4,9,11,14-15H,2-3,5-8,10,12H2,(H,20,25). The van der Waals surface area contributed by atoms with Crippen molar-refractivity contribution in [1.29, 1.82) is 0 Å². The van der Waals surface area contributed by atoms with Crippen LogP contribution in [0.1, 0.15) is 47.8 Å². The van der Waals surface area contributed by atoms with Crippen molar-refractivity contribution in [2.24, 2.45) is 0 Å². The van der Waals surface area contributed by atoms with Crippen molar-refractivity contribution in [3.8, 4) is 11.5 Å². The van der Waals surface area contributed by atoms with Gasteiger partial charge in [-0.3, -0.25) is 9.69 Å². The van der Waals surface area contributed by atoms with Crippen molar-refractivity contribution in [3.63, 3.8) is 0 Å². The number of nitrogens with zero attached hydrogens (tertiary/aromatic N) is 4. The Balaban J connectivity index is 1.15. The summed E-state index contributed by atoms with van der Waals surface area (Å²) in [6.07, 6.45) is 5.93. The van der Waals surface area contributed by atoms with Gasteiger partial charge in [-0.2, -0.15) is 0 Å². The summed E-state index contributed by atoms with van der Waals surface area (Å²) < 4.78 is 12.7. The van der Waals surface area contributed by atoms with Gasteiger partial charge in [0.05, 0.1) is 12.2 Å². The molecule has 1 saturated heterocycles. The number of nitrogens with one attached hydrogen (secondary N) is 1. The fraction of sp³-hybridized carbons (Fsp3) is 0.526. The third-order valence-electron chi connectivity index (χ3n) is 5.43. The van der Waals surface area contributed by atoms with Gasteiger partial charge in [-0.05, 0) is 43.4 Å². The molecule has 0 spiro atoms. The zero-order chi connectivity index (χ0) is 18.2. The molecule has 142 valence electrons. The Morgan fingerprint density at radius 2 is 1.96 bits per heavy atom. The van der Waals surface area contributed by atoms with Crippen LogP contribution in [0.4, 0.5) is 0 Å². The third-order valence-corrected chi connectivity index (χ3v) is 5.43. The summed E-state index contributed by atoms with van der Waals surface area (Å²) in [6.45, 7) is 3.18. The first-order valence-corrected chi connectivity index (χ1v) is 9.58. The first-order valence-electron chi connectivity index (χ1n) is 9.58. The van der Waals surface area contributed by atoms with Crippen molar-refractivity contribution >= 4 is 5.91 Å². The molecule has 0 radical (unpaired) electrons. The SMILES string of the molecule is O=C(NC1CC1)c1cn(C2CCN(Cc3ccc4c(c3)OCO4)CC2)nn1. The molecule has 1 N–H and O–H groups in total. The third kappa shape index (κ3) is 3.62. The van der Waals surface area contributed by atoms with E-state index in [1.807, 2.05) is 10.7 Å². The van der Waals surface area contributed by atoms with Gasteiger partial charge >= 0.3 is 0 Å². The Bertz CT molecular complexity index is 840. The first-order chi connectivity index (χ1) is 13.2. The van der Waals surface area contributed by atoms with Gasteiger partial charge < -0.3 is 14.8 Å². The summed E-state index contributed by atoms with van der Waals surface area (Å²) in [5, 5.41) is 11.2. The van der Waals surface area contributed by atoms with Gasteiger partial charge in [0.2, 0.25) is 6.79 Å². The van der Waals surface area contributed by atoms with E-state index in [9.17, 15) is 4.79 Å². The molecular formula is C19H23N5O3. The molecule has 1 aliphatic carbocycles. The number of ether oxygens (including phenoxy) is 2. The lowest BCUT2D eigenvalue weighted by Crippen LogP contribution is -2.34. The van der Waals surface area contributed by atoms with Crippen LogP contribution in [0, 0.1) is 0 Å². The highest BCUT2D eigenvalue weighted by atomic mass is 16.7. The Hall–Kier alpha value is -2.61. The lowest BCUT2D eigenvalue weighted by molar-refractivity contribution is 0.0946. The lowest BCUT2D eigenvalue weighted by Gasteiger charge is -2.31. The van der Waals surface area contributed by atoms with Crippen molar-refractivity contribution < 1.29 is 14.3 Å². The van der Waals surface area contributed by atoms with Gasteiger partial charge in [-0.15, -0.1) is 5.10 Å². The Labute approximate surface area is 157 Å². The molecule has 5 rings (SSSR count). The van der Waals surface area contributed by atoms with Gasteiger partial charge in [-0.25, -0.2) is 4.68 Å². The number of hydrogen-bond acceptors (Lipinski definition) is 6. The van der Waals surface area contributed by atoms with Gasteiger partial charge in [0, 0.05) is 25.7 Å². The first kappa shape index (κ1) is 16.6. The number of likely N-dealkylation sites (tertiary alicyclic amines) is 1. The highest BCUT2D eigenvalue weighted by Gasteiger charge is 2.27. The number of piperidine rings is 1. The summed E-state index contributed by atoms with van der Waals surface area (Å²) in [5.74, 6) is 1.55. The number of carbonyl (C=O) groups is 1. The minimum absolute atomic E-state index is 0.107. The number of aromatic nitrogens is 3. The number of hydrogen-bond donors (Lipinski definition) is 1. The minimum Gasteiger partial charge on any atom is -0.454 e. The van der Waals surface area contributed by atoms with E-state index in [4.69, 9.17) is 9.47 Å². The molecule has 1 aromatic heterocycles. The minimum atomic E-state index is -0.107. The summed E-state index contributed by atoms with van der Waals surface area (Å²) in [5.41, 5.74) is 1.65. The monoisotopic (exact) mass is 369 g/mol. The fourth-order valence-corrected chi connectivity index (χ4v) is 3.69. The lowest BCUT2D eigenvalue weighted by atomic mass is 10.0. The highest BCUT2D eigenvalue weighted by molar-refractivity contribution is 5.92. The van der Waals surface area contributed by atoms with E-state index in [2.05, 4.69) is 32.7 Å². The molecule has 0 bridgehead atoms. The fourth-order valence-electron chi connectivity index (χ4n) is 3.69. The maximum Gasteiger partial charge on any atom is 0.273 e. The molecule has 0 atom stereocenters. The van der Waals surface area contributed by atoms with E-state index in [0.717, 1.165) is 56.8 Å². The predicted octanol–water partition coefficient (Wildman–Crippen LogP) is 1.74. The quantitative estimate of drug-likeness (QED) is 0.865. The van der Waals surface area contributed by atoms with Crippen LogP contribution in [0.15, 0.2) is 24.4 Å². The molecule has 1 amide bonds. The maximum absolute atomic E-state index is 12.1. The molecule has 2 aliphatic heterocycles. The molecule has 1 saturated carbocycles. The summed E-state index contributed by atoms with van der Waals surface area (Å²) in [7, 11) is 0. The summed E-state index contributed by atoms with van der Waals surface area (Å²) in [4.78, 5) is 14.5. The van der Waals surface area contributed by atoms with E-state index in [0.29, 0.717) is 24.6 Å². The van der Waals surface area contributed by atoms with E-state index in [1.54, 1.807) is 6.20 Å². The van der Waals surface area contributed by atoms with E-state index >= 15 is 0 Å². The zero-order valence-corrected chi connectivity index (χ0v) is 15.1. The van der Waals surface area contributed by atoms with E-state index < -0.39 is 0 Å². The summed E-state index contributed by atoms with van der Waals surface area (Å²) in [6, 6.07) is 6.78. The van der Waals surface area contributed by atoms with Crippen LogP contribution < -0.4 is 14.8 Å². The Kier molecular flexibility index (Phi) is 4.20. The van der Waals surface area contributed by atoms with Crippen molar-refractivity contribution in [1.82, 2.24) is 25.2 Å². The van der Waals surface area contributed by atoms with Crippen LogP contribution in [0.5, 0.6) is 11.5 Å². The normalized spacial score (nSPS) is 20.0. The number of fused-ring (bicyclic) bond motifs is 1. The maximum atomic E-state index is 12.1. The molecule has 8 heteroatoms. The molecular weight excluding hydrogens is 346 g/mol. The molecule has 3 aliphatic rings. The second-order valence-corrected chi connectivity index (χ2v) is 7.53. The van der Waals surface area contributed by atoms with E-state index in [-0.39, 0.29) is 5.91 Å². The smallest absolute Gasteiger partial charge is 0.273 e. The van der Waals surface area contributed by atoms with Crippen LogP contribution in [0.2, 0.25) is 0 Å². The molecule has 2 aromatic rings. The number of benzene rings is 1. The average Bonchev–Trinajstić information content (AvgIpc) is 3.18. The molecule has 27 heavy (non-hydrogen) atoms. The number of amides is 1. The van der Waals surface area contributed by atoms with Gasteiger partial charge in [0.15, 0.2) is 17.2 Å². The van der Waals surface area contributed by atoms with Crippen LogP contribution in [-0.4, -0.2) is 51.7 Å². The van der Waals surface area contributed by atoms with Crippen molar-refractivity contribution in [3.05, 3.63) is 35.7 Å². The van der Waals surface area contributed by atoms with Gasteiger partial charge in [0.25, 0.3) is 5.91 Å². The van der Waals surface area contributed by atoms with Crippen molar-refractivity contribution in [2.45, 2.75) is 44.3 Å². The van der Waals surface area contributed by atoms with Gasteiger partial charge in [0.1, 0.15) is 0 Å². The highest BCUT2D eigenvalue weighted by Crippen LogP contribution is 2.33. The molecule has 0 unspecified atom stereocenters. The van der Waals surface area contributed by atoms with Gasteiger partial charge in [-0.1, -0.05) is 11.3 Å². The summed E-state index contributed by atoms with van der Waals surface area (Å²) >= 11 is 0. The van der Waals surface area contributed by atoms with Crippen LogP contribution >= 0.6 is 0 Å².